The van der Waals surface area contributed by atoms with Crippen molar-refractivity contribution in [1.29, 1.82) is 0 Å². The van der Waals surface area contributed by atoms with Crippen LogP contribution in [0.2, 0.25) is 0 Å². The minimum Gasteiger partial charge on any atom is -0.497 e. The van der Waals surface area contributed by atoms with Crippen molar-refractivity contribution in [2.75, 3.05) is 12.4 Å². The molecule has 0 spiro atoms. The van der Waals surface area contributed by atoms with Gasteiger partial charge < -0.3 is 14.8 Å². The maximum Gasteiger partial charge on any atom is 0.331 e. The quantitative estimate of drug-likeness (QED) is 0.613. The van der Waals surface area contributed by atoms with Crippen LogP contribution in [-0.2, 0) is 24.3 Å². The molecular weight excluding hydrogens is 434 g/mol. The standard InChI is InChI=1S/C22H25N3O6S/c1-13(2)19(24-20-17-10-5-6-11-18(17)32(28,29)25-20)22(27)31-14(3)21(26)23-15-8-7-9-16(12-15)30-4/h5-14,19H,1-4H3,(H,23,26)(H,24,25)/t14-,19-/m1/s1. The number of hydrogen-bond donors (Lipinski definition) is 2. The second-order valence-electron chi connectivity index (χ2n) is 7.57. The van der Waals surface area contributed by atoms with Crippen LogP contribution < -0.4 is 14.8 Å². The number of benzene rings is 2. The first-order chi connectivity index (χ1) is 15.1. The van der Waals surface area contributed by atoms with Gasteiger partial charge in [-0.05, 0) is 37.1 Å². The molecule has 0 bridgehead atoms. The van der Waals surface area contributed by atoms with Crippen molar-refractivity contribution in [3.05, 3.63) is 54.1 Å². The number of amides is 1. The Labute approximate surface area is 186 Å². The number of carbonyl (C=O) groups excluding carboxylic acids is 2. The van der Waals surface area contributed by atoms with E-state index in [1.54, 1.807) is 56.3 Å². The van der Waals surface area contributed by atoms with Crippen molar-refractivity contribution in [3.8, 4) is 5.75 Å². The Balaban J connectivity index is 1.74. The van der Waals surface area contributed by atoms with Crippen LogP contribution in [0, 0.1) is 5.92 Å². The largest absolute Gasteiger partial charge is 0.497 e. The molecule has 1 aliphatic rings. The summed E-state index contributed by atoms with van der Waals surface area (Å²) in [5.41, 5.74) is 0.879. The minimum absolute atomic E-state index is 0.0738. The van der Waals surface area contributed by atoms with E-state index < -0.39 is 34.0 Å². The monoisotopic (exact) mass is 459 g/mol. The fourth-order valence-electron chi connectivity index (χ4n) is 3.08. The Hall–Kier alpha value is -3.40. The third-order valence-electron chi connectivity index (χ3n) is 4.80. The summed E-state index contributed by atoms with van der Waals surface area (Å²) in [5.74, 6) is -0.911. The highest BCUT2D eigenvalue weighted by Gasteiger charge is 2.34. The molecule has 1 amide bonds. The molecule has 1 heterocycles. The van der Waals surface area contributed by atoms with E-state index in [9.17, 15) is 18.0 Å². The van der Waals surface area contributed by atoms with Crippen molar-refractivity contribution in [1.82, 2.24) is 4.72 Å². The zero-order valence-electron chi connectivity index (χ0n) is 18.2. The van der Waals surface area contributed by atoms with Gasteiger partial charge >= 0.3 is 5.97 Å². The van der Waals surface area contributed by atoms with Gasteiger partial charge in [-0.1, -0.05) is 32.0 Å². The molecule has 0 unspecified atom stereocenters. The highest BCUT2D eigenvalue weighted by molar-refractivity contribution is 7.90. The summed E-state index contributed by atoms with van der Waals surface area (Å²) < 4.78 is 37.5. The summed E-state index contributed by atoms with van der Waals surface area (Å²) in [6.07, 6.45) is -1.09. The first kappa shape index (κ1) is 23.3. The van der Waals surface area contributed by atoms with Crippen LogP contribution >= 0.6 is 0 Å². The zero-order chi connectivity index (χ0) is 23.5. The van der Waals surface area contributed by atoms with Crippen molar-refractivity contribution in [3.63, 3.8) is 0 Å². The highest BCUT2D eigenvalue weighted by Crippen LogP contribution is 2.24. The third kappa shape index (κ3) is 5.08. The molecule has 2 N–H and O–H groups in total. The van der Waals surface area contributed by atoms with E-state index in [0.29, 0.717) is 17.0 Å². The molecule has 0 fully saturated rings. The van der Waals surface area contributed by atoms with Crippen LogP contribution in [-0.4, -0.2) is 45.4 Å². The lowest BCUT2D eigenvalue weighted by atomic mass is 10.0. The number of anilines is 1. The number of nitrogens with zero attached hydrogens (tertiary/aromatic N) is 1. The summed E-state index contributed by atoms with van der Waals surface area (Å²) >= 11 is 0. The Bertz CT molecular complexity index is 1160. The van der Waals surface area contributed by atoms with Crippen LogP contribution in [0.3, 0.4) is 0 Å². The van der Waals surface area contributed by atoms with Gasteiger partial charge in [0, 0.05) is 17.3 Å². The molecule has 170 valence electrons. The topological polar surface area (TPSA) is 123 Å². The predicted octanol–water partition coefficient (Wildman–Crippen LogP) is 2.33. The minimum atomic E-state index is -3.74. The number of carbonyl (C=O) groups is 2. The van der Waals surface area contributed by atoms with Gasteiger partial charge in [0.2, 0.25) is 0 Å². The number of esters is 1. The van der Waals surface area contributed by atoms with Crippen molar-refractivity contribution in [2.24, 2.45) is 10.9 Å². The molecule has 0 saturated carbocycles. The van der Waals surface area contributed by atoms with Gasteiger partial charge in [0.15, 0.2) is 12.1 Å². The molecule has 0 saturated heterocycles. The number of nitrogens with one attached hydrogen (secondary N) is 2. The van der Waals surface area contributed by atoms with Gasteiger partial charge in [0.05, 0.1) is 12.0 Å². The van der Waals surface area contributed by atoms with Crippen LogP contribution in [0.15, 0.2) is 58.4 Å². The third-order valence-corrected chi connectivity index (χ3v) is 6.20. The molecule has 2 aromatic rings. The summed E-state index contributed by atoms with van der Waals surface area (Å²) in [7, 11) is -2.22. The number of hydrogen-bond acceptors (Lipinski definition) is 7. The average molecular weight is 460 g/mol. The van der Waals surface area contributed by atoms with Crippen molar-refractivity contribution < 1.29 is 27.5 Å². The van der Waals surface area contributed by atoms with Crippen LogP contribution in [0.5, 0.6) is 5.75 Å². The molecule has 2 atom stereocenters. The Morgan fingerprint density at radius 2 is 1.78 bits per heavy atom. The Kier molecular flexibility index (Phi) is 6.83. The fraction of sp³-hybridized carbons (Fsp3) is 0.318. The molecular formula is C22H25N3O6S. The van der Waals surface area contributed by atoms with E-state index in [4.69, 9.17) is 9.47 Å². The predicted molar refractivity (Wildman–Crippen MR) is 119 cm³/mol. The van der Waals surface area contributed by atoms with Gasteiger partial charge in [0.1, 0.15) is 11.6 Å². The lowest BCUT2D eigenvalue weighted by molar-refractivity contribution is -0.155. The smallest absolute Gasteiger partial charge is 0.331 e. The molecule has 2 aromatic carbocycles. The molecule has 9 nitrogen and oxygen atoms in total. The first-order valence-electron chi connectivity index (χ1n) is 9.98. The lowest BCUT2D eigenvalue weighted by Gasteiger charge is -2.19. The van der Waals surface area contributed by atoms with Gasteiger partial charge in [-0.2, -0.15) is 0 Å². The van der Waals surface area contributed by atoms with Crippen molar-refractivity contribution in [2.45, 2.75) is 37.8 Å². The number of aliphatic imine (C=N–C) groups is 1. The number of rotatable bonds is 7. The molecule has 1 aliphatic heterocycles. The van der Waals surface area contributed by atoms with Gasteiger partial charge in [0.25, 0.3) is 15.9 Å². The van der Waals surface area contributed by atoms with Gasteiger partial charge in [-0.25, -0.2) is 13.2 Å². The molecule has 10 heteroatoms. The van der Waals surface area contributed by atoms with E-state index in [0.717, 1.165) is 0 Å². The normalized spacial score (nSPS) is 17.2. The maximum atomic E-state index is 12.8. The molecule has 0 radical (unpaired) electrons. The summed E-state index contributed by atoms with van der Waals surface area (Å²) in [5, 5.41) is 2.66. The Morgan fingerprint density at radius 3 is 2.47 bits per heavy atom. The number of methoxy groups -OCH3 is 1. The fourth-order valence-corrected chi connectivity index (χ4v) is 4.32. The maximum absolute atomic E-state index is 12.8. The van der Waals surface area contributed by atoms with E-state index in [1.165, 1.54) is 20.1 Å². The molecule has 0 aliphatic carbocycles. The average Bonchev–Trinajstić information content (AvgIpc) is 3.02. The Morgan fingerprint density at radius 1 is 1.06 bits per heavy atom. The van der Waals surface area contributed by atoms with Crippen LogP contribution in [0.1, 0.15) is 26.3 Å². The number of ether oxygens (including phenoxy) is 2. The van der Waals surface area contributed by atoms with Gasteiger partial charge in [-0.3, -0.25) is 14.5 Å². The van der Waals surface area contributed by atoms with Crippen LogP contribution in [0.25, 0.3) is 0 Å². The molecule has 0 aromatic heterocycles. The second-order valence-corrected chi connectivity index (χ2v) is 9.22. The molecule has 32 heavy (non-hydrogen) atoms. The number of fused-ring (bicyclic) bond motifs is 1. The van der Waals surface area contributed by atoms with E-state index in [2.05, 4.69) is 15.0 Å². The van der Waals surface area contributed by atoms with E-state index >= 15 is 0 Å². The summed E-state index contributed by atoms with van der Waals surface area (Å²) in [4.78, 5) is 29.7. The number of amidine groups is 1. The SMILES string of the molecule is COc1cccc(NC(=O)[C@@H](C)OC(=O)[C@H](N=C2NS(=O)(=O)c3ccccc32)C(C)C)c1. The zero-order valence-corrected chi connectivity index (χ0v) is 19.0. The summed E-state index contributed by atoms with van der Waals surface area (Å²) in [6, 6.07) is 12.1. The first-order valence-corrected chi connectivity index (χ1v) is 11.5. The molecule has 3 rings (SSSR count). The summed E-state index contributed by atoms with van der Waals surface area (Å²) in [6.45, 7) is 4.96. The highest BCUT2D eigenvalue weighted by atomic mass is 32.2. The van der Waals surface area contributed by atoms with Crippen molar-refractivity contribution >= 4 is 33.4 Å². The van der Waals surface area contributed by atoms with E-state index in [1.807, 2.05) is 0 Å². The van der Waals surface area contributed by atoms with Gasteiger partial charge in [-0.15, -0.1) is 0 Å². The van der Waals surface area contributed by atoms with E-state index in [-0.39, 0.29) is 16.6 Å². The lowest BCUT2D eigenvalue weighted by Crippen LogP contribution is -2.37. The number of sulfonamides is 1. The second kappa shape index (κ2) is 9.39. The van der Waals surface area contributed by atoms with Crippen LogP contribution in [0.4, 0.5) is 5.69 Å².